The summed E-state index contributed by atoms with van der Waals surface area (Å²) in [6, 6.07) is 5.71. The summed E-state index contributed by atoms with van der Waals surface area (Å²) >= 11 is 0. The van der Waals surface area contributed by atoms with Gasteiger partial charge in [-0.2, -0.15) is 4.72 Å². The van der Waals surface area contributed by atoms with Crippen molar-refractivity contribution in [2.24, 2.45) is 5.92 Å². The number of benzene rings is 1. The van der Waals surface area contributed by atoms with Crippen LogP contribution in [-0.2, 0) is 19.6 Å². The van der Waals surface area contributed by atoms with E-state index in [2.05, 4.69) is 10.0 Å². The maximum atomic E-state index is 12.7. The number of nitrogens with one attached hydrogen (secondary N) is 2. The van der Waals surface area contributed by atoms with Crippen LogP contribution in [0.2, 0.25) is 0 Å². The molecule has 1 fully saturated rings. The van der Waals surface area contributed by atoms with Gasteiger partial charge in [0.15, 0.2) is 0 Å². The minimum absolute atomic E-state index is 0.148. The summed E-state index contributed by atoms with van der Waals surface area (Å²) in [6.07, 6.45) is 4.71. The van der Waals surface area contributed by atoms with Crippen LogP contribution in [0.4, 0.5) is 0 Å². The second-order valence-electron chi connectivity index (χ2n) is 8.45. The van der Waals surface area contributed by atoms with E-state index in [4.69, 9.17) is 0 Å². The molecule has 0 aliphatic carbocycles. The maximum Gasteiger partial charge on any atom is 0.241 e. The van der Waals surface area contributed by atoms with Gasteiger partial charge in [0.25, 0.3) is 0 Å². The lowest BCUT2D eigenvalue weighted by molar-refractivity contribution is -0.130. The van der Waals surface area contributed by atoms with Gasteiger partial charge in [0.1, 0.15) is 6.04 Å². The lowest BCUT2D eigenvalue weighted by Gasteiger charge is -2.22. The molecule has 168 valence electrons. The molecule has 1 aromatic carbocycles. The standard InChI is InChI=1S/C22H35N3O4S/c1-17(2)16-20(24-30(28,29)19-11-9-18(3)10-12-19)22(27)23-13-7-15-25-14-6-4-5-8-21(25)26/h9-12,17,20,24H,4-8,13-16H2,1-3H3,(H,23,27)/t20-/m0/s1. The fraction of sp³-hybridized carbons (Fsp3) is 0.636. The third-order valence-electron chi connectivity index (χ3n) is 5.23. The van der Waals surface area contributed by atoms with Gasteiger partial charge in [-0.25, -0.2) is 8.42 Å². The van der Waals surface area contributed by atoms with Crippen LogP contribution in [0.3, 0.4) is 0 Å². The first-order valence-corrected chi connectivity index (χ1v) is 12.3. The van der Waals surface area contributed by atoms with E-state index in [1.807, 2.05) is 25.7 Å². The summed E-state index contributed by atoms with van der Waals surface area (Å²) < 4.78 is 28.0. The molecule has 7 nitrogen and oxygen atoms in total. The molecule has 1 aromatic rings. The zero-order valence-electron chi connectivity index (χ0n) is 18.3. The Morgan fingerprint density at radius 2 is 1.83 bits per heavy atom. The first kappa shape index (κ1) is 24.3. The molecule has 0 bridgehead atoms. The Labute approximate surface area is 180 Å². The molecule has 0 aromatic heterocycles. The molecular formula is C22H35N3O4S. The van der Waals surface area contributed by atoms with Crippen LogP contribution < -0.4 is 10.0 Å². The van der Waals surface area contributed by atoms with Crippen molar-refractivity contribution in [3.8, 4) is 0 Å². The quantitative estimate of drug-likeness (QED) is 0.550. The van der Waals surface area contributed by atoms with E-state index in [9.17, 15) is 18.0 Å². The van der Waals surface area contributed by atoms with E-state index >= 15 is 0 Å². The molecule has 1 aliphatic heterocycles. The number of hydrogen-bond donors (Lipinski definition) is 2. The second-order valence-corrected chi connectivity index (χ2v) is 10.2. The summed E-state index contributed by atoms with van der Waals surface area (Å²) in [5.41, 5.74) is 0.966. The minimum Gasteiger partial charge on any atom is -0.355 e. The molecule has 1 heterocycles. The third-order valence-corrected chi connectivity index (χ3v) is 6.72. The largest absolute Gasteiger partial charge is 0.355 e. The van der Waals surface area contributed by atoms with Crippen molar-refractivity contribution >= 4 is 21.8 Å². The smallest absolute Gasteiger partial charge is 0.241 e. The van der Waals surface area contributed by atoms with Gasteiger partial charge in [0.05, 0.1) is 4.90 Å². The normalized spacial score (nSPS) is 16.4. The molecule has 0 radical (unpaired) electrons. The lowest BCUT2D eigenvalue weighted by Crippen LogP contribution is -2.47. The summed E-state index contributed by atoms with van der Waals surface area (Å²) in [5.74, 6) is 0.000127. The Hall–Kier alpha value is -1.93. The number of carbonyl (C=O) groups excluding carboxylic acids is 2. The number of amides is 2. The van der Waals surface area contributed by atoms with Gasteiger partial charge in [-0.3, -0.25) is 9.59 Å². The van der Waals surface area contributed by atoms with Gasteiger partial charge in [0, 0.05) is 26.1 Å². The van der Waals surface area contributed by atoms with Crippen LogP contribution in [0, 0.1) is 12.8 Å². The van der Waals surface area contributed by atoms with Crippen LogP contribution in [0.25, 0.3) is 0 Å². The van der Waals surface area contributed by atoms with Crippen LogP contribution in [0.5, 0.6) is 0 Å². The summed E-state index contributed by atoms with van der Waals surface area (Å²) in [4.78, 5) is 26.8. The molecule has 30 heavy (non-hydrogen) atoms. The SMILES string of the molecule is Cc1ccc(S(=O)(=O)N[C@@H](CC(C)C)C(=O)NCCCN2CCCCCC2=O)cc1. The highest BCUT2D eigenvalue weighted by Crippen LogP contribution is 2.14. The first-order chi connectivity index (χ1) is 14.2. The number of nitrogens with zero attached hydrogens (tertiary/aromatic N) is 1. The molecule has 0 spiro atoms. The minimum atomic E-state index is -3.79. The Bertz CT molecular complexity index is 806. The van der Waals surface area contributed by atoms with E-state index in [0.717, 1.165) is 31.4 Å². The zero-order valence-corrected chi connectivity index (χ0v) is 19.1. The second kappa shape index (κ2) is 11.5. The van der Waals surface area contributed by atoms with E-state index in [1.165, 1.54) is 0 Å². The number of hydrogen-bond acceptors (Lipinski definition) is 4. The topological polar surface area (TPSA) is 95.6 Å². The van der Waals surface area contributed by atoms with E-state index in [1.54, 1.807) is 24.3 Å². The molecule has 1 aliphatic rings. The van der Waals surface area contributed by atoms with E-state index < -0.39 is 16.1 Å². The summed E-state index contributed by atoms with van der Waals surface area (Å²) in [5, 5.41) is 2.84. The molecule has 0 saturated carbocycles. The fourth-order valence-electron chi connectivity index (χ4n) is 3.53. The Morgan fingerprint density at radius 3 is 2.50 bits per heavy atom. The maximum absolute atomic E-state index is 12.7. The molecule has 2 N–H and O–H groups in total. The molecule has 0 unspecified atom stereocenters. The number of aryl methyl sites for hydroxylation is 1. The van der Waals surface area contributed by atoms with E-state index in [0.29, 0.717) is 32.4 Å². The van der Waals surface area contributed by atoms with Crippen molar-refractivity contribution in [2.45, 2.75) is 70.2 Å². The van der Waals surface area contributed by atoms with Crippen LogP contribution >= 0.6 is 0 Å². The van der Waals surface area contributed by atoms with Crippen molar-refractivity contribution in [3.05, 3.63) is 29.8 Å². The molecule has 2 amide bonds. The molecular weight excluding hydrogens is 402 g/mol. The van der Waals surface area contributed by atoms with Gasteiger partial charge < -0.3 is 10.2 Å². The Balaban J connectivity index is 1.91. The average molecular weight is 438 g/mol. The van der Waals surface area contributed by atoms with Gasteiger partial charge >= 0.3 is 0 Å². The lowest BCUT2D eigenvalue weighted by atomic mass is 10.0. The van der Waals surface area contributed by atoms with Crippen LogP contribution in [-0.4, -0.2) is 50.8 Å². The van der Waals surface area contributed by atoms with E-state index in [-0.39, 0.29) is 22.6 Å². The monoisotopic (exact) mass is 437 g/mol. The molecule has 1 atom stereocenters. The summed E-state index contributed by atoms with van der Waals surface area (Å²) in [7, 11) is -3.79. The average Bonchev–Trinajstić information content (AvgIpc) is 2.88. The van der Waals surface area contributed by atoms with Crippen molar-refractivity contribution in [2.75, 3.05) is 19.6 Å². The highest BCUT2D eigenvalue weighted by molar-refractivity contribution is 7.89. The fourth-order valence-corrected chi connectivity index (χ4v) is 4.74. The van der Waals surface area contributed by atoms with Crippen molar-refractivity contribution < 1.29 is 18.0 Å². The predicted molar refractivity (Wildman–Crippen MR) is 117 cm³/mol. The summed E-state index contributed by atoms with van der Waals surface area (Å²) in [6.45, 7) is 7.58. The zero-order chi connectivity index (χ0) is 22.1. The third kappa shape index (κ3) is 7.72. The van der Waals surface area contributed by atoms with Crippen LogP contribution in [0.1, 0.15) is 57.9 Å². The van der Waals surface area contributed by atoms with Gasteiger partial charge in [-0.1, -0.05) is 38.0 Å². The van der Waals surface area contributed by atoms with Crippen LogP contribution in [0.15, 0.2) is 29.2 Å². The van der Waals surface area contributed by atoms with Gasteiger partial charge in [0.2, 0.25) is 21.8 Å². The molecule has 2 rings (SSSR count). The van der Waals surface area contributed by atoms with Crippen molar-refractivity contribution in [3.63, 3.8) is 0 Å². The first-order valence-electron chi connectivity index (χ1n) is 10.8. The Morgan fingerprint density at radius 1 is 1.13 bits per heavy atom. The van der Waals surface area contributed by atoms with Crippen molar-refractivity contribution in [1.29, 1.82) is 0 Å². The van der Waals surface area contributed by atoms with Crippen molar-refractivity contribution in [1.82, 2.24) is 14.9 Å². The van der Waals surface area contributed by atoms with Gasteiger partial charge in [-0.15, -0.1) is 0 Å². The molecule has 8 heteroatoms. The molecule has 1 saturated heterocycles. The number of rotatable bonds is 10. The number of carbonyl (C=O) groups is 2. The number of likely N-dealkylation sites (tertiary alicyclic amines) is 1. The van der Waals surface area contributed by atoms with Gasteiger partial charge in [-0.05, 0) is 50.7 Å². The highest BCUT2D eigenvalue weighted by atomic mass is 32.2. The predicted octanol–water partition coefficient (Wildman–Crippen LogP) is 2.60. The highest BCUT2D eigenvalue weighted by Gasteiger charge is 2.26. The Kier molecular flexibility index (Phi) is 9.30. The number of sulfonamides is 1.